The van der Waals surface area contributed by atoms with Crippen molar-refractivity contribution in [2.24, 2.45) is 0 Å². The number of amides is 2. The van der Waals surface area contributed by atoms with Gasteiger partial charge in [-0.25, -0.2) is 0 Å². The number of nitrogens with zero attached hydrogens (tertiary/aromatic N) is 1. The molecule has 0 saturated heterocycles. The van der Waals surface area contributed by atoms with Crippen molar-refractivity contribution in [1.82, 2.24) is 4.90 Å². The minimum absolute atomic E-state index is 0.143. The van der Waals surface area contributed by atoms with Crippen molar-refractivity contribution in [2.75, 3.05) is 0 Å². The van der Waals surface area contributed by atoms with Gasteiger partial charge in [-0.3, -0.25) is 19.3 Å². The summed E-state index contributed by atoms with van der Waals surface area (Å²) < 4.78 is 0. The number of rotatable bonds is 1. The van der Waals surface area contributed by atoms with Gasteiger partial charge in [0.15, 0.2) is 0 Å². The molecule has 0 spiro atoms. The Morgan fingerprint density at radius 1 is 1.05 bits per heavy atom. The van der Waals surface area contributed by atoms with Gasteiger partial charge in [0.25, 0.3) is 11.8 Å². The molecule has 1 aromatic carbocycles. The van der Waals surface area contributed by atoms with Gasteiger partial charge in [0.2, 0.25) is 0 Å². The van der Waals surface area contributed by atoms with E-state index in [2.05, 4.69) is 15.9 Å². The molecule has 2 unspecified atom stereocenters. The van der Waals surface area contributed by atoms with E-state index >= 15 is 0 Å². The van der Waals surface area contributed by atoms with E-state index in [9.17, 15) is 14.4 Å². The van der Waals surface area contributed by atoms with E-state index in [0.29, 0.717) is 30.4 Å². The molecule has 2 atom stereocenters. The monoisotopic (exact) mass is 321 g/mol. The summed E-state index contributed by atoms with van der Waals surface area (Å²) in [4.78, 5) is 37.2. The van der Waals surface area contributed by atoms with Crippen molar-refractivity contribution in [2.45, 2.75) is 30.1 Å². The van der Waals surface area contributed by atoms with Crippen LogP contribution in [0.15, 0.2) is 24.3 Å². The molecule has 98 valence electrons. The Hall–Kier alpha value is -1.49. The number of fused-ring (bicyclic) bond motifs is 1. The minimum Gasteiger partial charge on any atom is -0.300 e. The van der Waals surface area contributed by atoms with Gasteiger partial charge in [-0.2, -0.15) is 0 Å². The van der Waals surface area contributed by atoms with Gasteiger partial charge >= 0.3 is 0 Å². The van der Waals surface area contributed by atoms with E-state index in [-0.39, 0.29) is 28.5 Å². The Kier molecular flexibility index (Phi) is 3.01. The lowest BCUT2D eigenvalue weighted by Gasteiger charge is -2.33. The molecular weight excluding hydrogens is 310 g/mol. The van der Waals surface area contributed by atoms with E-state index in [0.717, 1.165) is 0 Å². The van der Waals surface area contributed by atoms with Crippen LogP contribution in [0.25, 0.3) is 0 Å². The maximum Gasteiger partial charge on any atom is 0.261 e. The van der Waals surface area contributed by atoms with Crippen LogP contribution in [0.4, 0.5) is 0 Å². The van der Waals surface area contributed by atoms with Crippen molar-refractivity contribution in [1.29, 1.82) is 0 Å². The molecule has 0 aromatic heterocycles. The Morgan fingerprint density at radius 3 is 2.16 bits per heavy atom. The molecule has 1 fully saturated rings. The van der Waals surface area contributed by atoms with Crippen LogP contribution in [0.2, 0.25) is 0 Å². The van der Waals surface area contributed by atoms with Crippen LogP contribution in [0, 0.1) is 0 Å². The molecule has 1 saturated carbocycles. The second-order valence-electron chi connectivity index (χ2n) is 4.89. The van der Waals surface area contributed by atoms with Crippen molar-refractivity contribution in [3.05, 3.63) is 35.4 Å². The van der Waals surface area contributed by atoms with E-state index < -0.39 is 0 Å². The topological polar surface area (TPSA) is 54.5 Å². The number of carbonyl (C=O) groups is 3. The third-order valence-electron chi connectivity index (χ3n) is 3.72. The molecule has 3 rings (SSSR count). The summed E-state index contributed by atoms with van der Waals surface area (Å²) in [6, 6.07) is 6.62. The van der Waals surface area contributed by atoms with E-state index in [1.165, 1.54) is 4.90 Å². The molecule has 1 aliphatic heterocycles. The predicted octanol–water partition coefficient (Wildman–Crippen LogP) is 2.17. The third kappa shape index (κ3) is 1.92. The van der Waals surface area contributed by atoms with Crippen LogP contribution in [0.5, 0.6) is 0 Å². The quantitative estimate of drug-likeness (QED) is 0.588. The van der Waals surface area contributed by atoms with Crippen LogP contribution in [-0.2, 0) is 4.79 Å². The number of benzene rings is 1. The zero-order chi connectivity index (χ0) is 13.6. The molecule has 0 radical (unpaired) electrons. The van der Waals surface area contributed by atoms with Gasteiger partial charge in [-0.1, -0.05) is 28.1 Å². The lowest BCUT2D eigenvalue weighted by atomic mass is 9.93. The lowest BCUT2D eigenvalue weighted by molar-refractivity contribution is -0.120. The van der Waals surface area contributed by atoms with Crippen LogP contribution in [0.1, 0.15) is 40.0 Å². The third-order valence-corrected chi connectivity index (χ3v) is 4.65. The summed E-state index contributed by atoms with van der Waals surface area (Å²) in [7, 11) is 0. The van der Waals surface area contributed by atoms with Gasteiger partial charge in [-0.15, -0.1) is 0 Å². The van der Waals surface area contributed by atoms with Crippen LogP contribution in [-0.4, -0.2) is 33.4 Å². The second kappa shape index (κ2) is 4.56. The Balaban J connectivity index is 1.94. The fraction of sp³-hybridized carbons (Fsp3) is 0.357. The number of hydrogen-bond donors (Lipinski definition) is 0. The maximum atomic E-state index is 12.3. The van der Waals surface area contributed by atoms with Gasteiger partial charge in [0.05, 0.1) is 17.2 Å². The van der Waals surface area contributed by atoms with E-state index in [4.69, 9.17) is 0 Å². The smallest absolute Gasteiger partial charge is 0.261 e. The van der Waals surface area contributed by atoms with Crippen LogP contribution >= 0.6 is 15.9 Å². The van der Waals surface area contributed by atoms with Gasteiger partial charge in [-0.05, 0) is 18.6 Å². The summed E-state index contributed by atoms with van der Waals surface area (Å²) in [6.07, 6.45) is 1.35. The highest BCUT2D eigenvalue weighted by Gasteiger charge is 2.43. The summed E-state index contributed by atoms with van der Waals surface area (Å²) in [5.74, 6) is -0.316. The van der Waals surface area contributed by atoms with Crippen molar-refractivity contribution in [3.8, 4) is 0 Å². The van der Waals surface area contributed by atoms with Crippen molar-refractivity contribution >= 4 is 33.5 Å². The second-order valence-corrected chi connectivity index (χ2v) is 6.07. The first-order chi connectivity index (χ1) is 9.09. The first-order valence-corrected chi connectivity index (χ1v) is 7.14. The standard InChI is InChI=1S/C14H12BrNO3/c15-11-7-8(17)5-6-12(11)16-13(18)9-3-1-2-4-10(9)14(16)19/h1-4,11-12H,5-7H2. The zero-order valence-corrected chi connectivity index (χ0v) is 11.7. The van der Waals surface area contributed by atoms with Crippen molar-refractivity contribution in [3.63, 3.8) is 0 Å². The average Bonchev–Trinajstić information content (AvgIpc) is 2.64. The first-order valence-electron chi connectivity index (χ1n) is 6.22. The fourth-order valence-electron chi connectivity index (χ4n) is 2.75. The van der Waals surface area contributed by atoms with E-state index in [1.807, 2.05) is 0 Å². The Labute approximate surface area is 118 Å². The largest absolute Gasteiger partial charge is 0.300 e. The number of Topliss-reactive ketones (excluding diaryl/α,β-unsaturated/α-hetero) is 1. The van der Waals surface area contributed by atoms with Gasteiger partial charge in [0.1, 0.15) is 5.78 Å². The predicted molar refractivity (Wildman–Crippen MR) is 72.3 cm³/mol. The highest BCUT2D eigenvalue weighted by Crippen LogP contribution is 2.32. The molecular formula is C14H12BrNO3. The Morgan fingerprint density at radius 2 is 1.63 bits per heavy atom. The number of carbonyl (C=O) groups excluding carboxylic acids is 3. The maximum absolute atomic E-state index is 12.3. The molecule has 19 heavy (non-hydrogen) atoms. The Bertz CT molecular complexity index is 549. The normalized spacial score (nSPS) is 26.8. The fourth-order valence-corrected chi connectivity index (χ4v) is 3.61. The van der Waals surface area contributed by atoms with Crippen molar-refractivity contribution < 1.29 is 14.4 Å². The number of halogens is 1. The SMILES string of the molecule is O=C1CCC(N2C(=O)c3ccccc3C2=O)C(Br)C1. The van der Waals surface area contributed by atoms with Crippen LogP contribution in [0.3, 0.4) is 0 Å². The molecule has 5 heteroatoms. The summed E-state index contributed by atoms with van der Waals surface area (Å²) in [5, 5.41) is 0. The van der Waals surface area contributed by atoms with E-state index in [1.54, 1.807) is 24.3 Å². The molecule has 1 aliphatic carbocycles. The van der Waals surface area contributed by atoms with Crippen LogP contribution < -0.4 is 0 Å². The summed E-state index contributed by atoms with van der Waals surface area (Å²) in [5.41, 5.74) is 0.924. The molecule has 1 aromatic rings. The average molecular weight is 322 g/mol. The molecule has 0 bridgehead atoms. The highest BCUT2D eigenvalue weighted by atomic mass is 79.9. The molecule has 1 heterocycles. The lowest BCUT2D eigenvalue weighted by Crippen LogP contribution is -2.47. The van der Waals surface area contributed by atoms with Gasteiger partial charge in [0, 0.05) is 17.7 Å². The highest BCUT2D eigenvalue weighted by molar-refractivity contribution is 9.09. The number of ketones is 1. The minimum atomic E-state index is -0.246. The molecule has 2 amide bonds. The summed E-state index contributed by atoms with van der Waals surface area (Å²) in [6.45, 7) is 0. The number of imide groups is 1. The molecule has 4 nitrogen and oxygen atoms in total. The zero-order valence-electron chi connectivity index (χ0n) is 10.1. The summed E-state index contributed by atoms with van der Waals surface area (Å²) >= 11 is 3.44. The molecule has 0 N–H and O–H groups in total. The first kappa shape index (κ1) is 12.5. The number of hydrogen-bond acceptors (Lipinski definition) is 3. The molecule has 2 aliphatic rings. The van der Waals surface area contributed by atoms with Gasteiger partial charge < -0.3 is 0 Å². The number of alkyl halides is 1.